The Balaban J connectivity index is 0.00000265. The average Bonchev–Trinajstić information content (AvgIpc) is 2.99. The van der Waals surface area contributed by atoms with Gasteiger partial charge in [0.2, 0.25) is 0 Å². The minimum atomic E-state index is 0.100. The van der Waals surface area contributed by atoms with Crippen molar-refractivity contribution in [3.05, 3.63) is 85.3 Å². The van der Waals surface area contributed by atoms with Crippen molar-refractivity contribution < 1.29 is 4.79 Å². The Kier molecular flexibility index (Phi) is 14.4. The number of carbonyl (C=O) groups excluding carboxylic acids is 1. The standard InChI is InChI=1S/C25H35N5S.CH2O/c1-5-10-23(11-6-2)25(13-16-26-17-14-25)20-27-19-24(31-4)30-21(3)22-12-8-7-9-15-28-29-18-22;1-2/h5-12,15,18,26-28H,1,3,13-14,16-17,19-20H2,2,4H3;1H2/b8-7?,11-6-,15-9?,22-12?,23-10+,29-18?,30-24?;. The van der Waals surface area contributed by atoms with E-state index in [0.717, 1.165) is 43.1 Å². The highest BCUT2D eigenvalue weighted by molar-refractivity contribution is 8.13. The van der Waals surface area contributed by atoms with E-state index in [1.54, 1.807) is 24.2 Å². The first kappa shape index (κ1) is 28.3. The second-order valence-corrected chi connectivity index (χ2v) is 8.28. The molecule has 0 saturated carbocycles. The van der Waals surface area contributed by atoms with Crippen LogP contribution in [0.1, 0.15) is 25.3 Å². The summed E-state index contributed by atoms with van der Waals surface area (Å²) >= 11 is 1.64. The monoisotopic (exact) mass is 467 g/mol. The molecule has 0 radical (unpaired) electrons. The fraction of sp³-hybridized carbons (Fsp3) is 0.346. The maximum Gasteiger partial charge on any atom is 0.106 e. The Morgan fingerprint density at radius 3 is 2.73 bits per heavy atom. The number of thioether (sulfide) groups is 1. The predicted octanol–water partition coefficient (Wildman–Crippen LogP) is 4.73. The zero-order chi connectivity index (χ0) is 24.4. The number of rotatable bonds is 9. The van der Waals surface area contributed by atoms with Gasteiger partial charge in [-0.2, -0.15) is 5.10 Å². The van der Waals surface area contributed by atoms with Gasteiger partial charge in [-0.15, -0.1) is 11.8 Å². The molecule has 0 atom stereocenters. The third-order valence-corrected chi connectivity index (χ3v) is 6.04. The molecule has 2 heterocycles. The molecule has 0 unspecified atom stereocenters. The molecule has 1 aromatic rings. The number of hydrogen-bond donors (Lipinski definition) is 3. The average molecular weight is 468 g/mol. The molecule has 1 aromatic heterocycles. The molecule has 178 valence electrons. The normalized spacial score (nSPS) is 15.8. The maximum atomic E-state index is 8.00. The van der Waals surface area contributed by atoms with Crippen LogP contribution in [0.4, 0.5) is 0 Å². The van der Waals surface area contributed by atoms with Crippen LogP contribution in [0.2, 0.25) is 0 Å². The number of piperidine rings is 1. The van der Waals surface area contributed by atoms with Crippen LogP contribution < -0.4 is 10.6 Å². The highest BCUT2D eigenvalue weighted by Crippen LogP contribution is 2.37. The van der Waals surface area contributed by atoms with Crippen molar-refractivity contribution >= 4 is 29.3 Å². The van der Waals surface area contributed by atoms with Crippen molar-refractivity contribution in [3.8, 4) is 0 Å². The Morgan fingerprint density at radius 1 is 1.30 bits per heavy atom. The Labute approximate surface area is 202 Å². The molecule has 0 aromatic carbocycles. The van der Waals surface area contributed by atoms with Gasteiger partial charge in [-0.3, -0.25) is 5.10 Å². The van der Waals surface area contributed by atoms with Crippen LogP contribution in [-0.2, 0) is 4.79 Å². The number of hydrogen-bond acceptors (Lipinski definition) is 6. The number of H-pyrrole nitrogens is 1. The molecule has 7 heteroatoms. The van der Waals surface area contributed by atoms with E-state index in [-0.39, 0.29) is 5.41 Å². The Hall–Kier alpha value is -2.74. The lowest BCUT2D eigenvalue weighted by atomic mass is 9.72. The Morgan fingerprint density at radius 2 is 2.06 bits per heavy atom. The van der Waals surface area contributed by atoms with Crippen LogP contribution in [-0.4, -0.2) is 54.5 Å². The minimum absolute atomic E-state index is 0.100. The van der Waals surface area contributed by atoms with Crippen molar-refractivity contribution in [2.75, 3.05) is 32.4 Å². The number of aromatic nitrogens is 2. The molecule has 3 N–H and O–H groups in total. The molecule has 0 amide bonds. The fourth-order valence-electron chi connectivity index (χ4n) is 3.66. The first-order valence-electron chi connectivity index (χ1n) is 10.9. The number of nitrogens with zero attached hydrogens (tertiary/aromatic N) is 2. The van der Waals surface area contributed by atoms with Gasteiger partial charge in [-0.1, -0.05) is 55.7 Å². The molecule has 0 aliphatic carbocycles. The molecule has 0 spiro atoms. The van der Waals surface area contributed by atoms with E-state index in [0.29, 0.717) is 12.2 Å². The van der Waals surface area contributed by atoms with E-state index in [2.05, 4.69) is 59.1 Å². The first-order chi connectivity index (χ1) is 16.1. The molecule has 0 bridgehead atoms. The van der Waals surface area contributed by atoms with Crippen LogP contribution in [0.25, 0.3) is 5.70 Å². The molecule has 1 fully saturated rings. The first-order valence-corrected chi connectivity index (χ1v) is 12.2. The predicted molar refractivity (Wildman–Crippen MR) is 144 cm³/mol. The molecule has 2 rings (SSSR count). The van der Waals surface area contributed by atoms with E-state index >= 15 is 0 Å². The van der Waals surface area contributed by atoms with Crippen molar-refractivity contribution in [1.82, 2.24) is 20.8 Å². The lowest BCUT2D eigenvalue weighted by Crippen LogP contribution is -2.45. The van der Waals surface area contributed by atoms with Gasteiger partial charge in [0.05, 0.1) is 16.9 Å². The number of aliphatic imine (C=N–C) groups is 1. The third-order valence-electron chi connectivity index (χ3n) is 5.33. The van der Waals surface area contributed by atoms with E-state index in [1.807, 2.05) is 43.4 Å². The van der Waals surface area contributed by atoms with Crippen LogP contribution >= 0.6 is 11.8 Å². The summed E-state index contributed by atoms with van der Waals surface area (Å²) in [6.45, 7) is 15.8. The molecule has 1 saturated heterocycles. The van der Waals surface area contributed by atoms with E-state index in [4.69, 9.17) is 9.79 Å². The smallest absolute Gasteiger partial charge is 0.106 e. The number of nitrogens with one attached hydrogen (secondary N) is 3. The number of aromatic amines is 1. The van der Waals surface area contributed by atoms with E-state index in [9.17, 15) is 0 Å². The van der Waals surface area contributed by atoms with Crippen LogP contribution in [0.5, 0.6) is 0 Å². The fourth-order valence-corrected chi connectivity index (χ4v) is 4.10. The summed E-state index contributed by atoms with van der Waals surface area (Å²) in [4.78, 5) is 12.8. The van der Waals surface area contributed by atoms with Gasteiger partial charge >= 0.3 is 0 Å². The SMILES string of the molecule is C=C/C=C(\C=C/C)C1(CNCC(=NC(=C)c2ccccc[nH]nc2)SC)CCNCC1.C=O. The lowest BCUT2D eigenvalue weighted by molar-refractivity contribution is -0.0979. The second-order valence-electron chi connectivity index (χ2n) is 7.40. The topological polar surface area (TPSA) is 82.2 Å². The van der Waals surface area contributed by atoms with E-state index in [1.165, 1.54) is 5.57 Å². The zero-order valence-corrected chi connectivity index (χ0v) is 20.7. The summed E-state index contributed by atoms with van der Waals surface area (Å²) < 4.78 is 0. The zero-order valence-electron chi connectivity index (χ0n) is 19.8. The van der Waals surface area contributed by atoms with Crippen molar-refractivity contribution in [1.29, 1.82) is 0 Å². The summed E-state index contributed by atoms with van der Waals surface area (Å²) in [5.74, 6) is 0. The summed E-state index contributed by atoms with van der Waals surface area (Å²) in [5, 5.41) is 15.2. The summed E-state index contributed by atoms with van der Waals surface area (Å²) in [6.07, 6.45) is 16.1. The van der Waals surface area contributed by atoms with Gasteiger partial charge in [-0.25, -0.2) is 4.99 Å². The highest BCUT2D eigenvalue weighted by atomic mass is 32.2. The van der Waals surface area contributed by atoms with Gasteiger partial charge < -0.3 is 15.4 Å². The van der Waals surface area contributed by atoms with Crippen LogP contribution in [0.3, 0.4) is 0 Å². The van der Waals surface area contributed by atoms with Gasteiger partial charge in [-0.05, 0) is 50.8 Å². The largest absolute Gasteiger partial charge is 0.317 e. The second kappa shape index (κ2) is 16.8. The quantitative estimate of drug-likeness (QED) is 0.278. The molecular formula is C26H37N5OS. The maximum absolute atomic E-state index is 8.00. The third kappa shape index (κ3) is 9.74. The highest BCUT2D eigenvalue weighted by Gasteiger charge is 2.34. The molecule has 6 nitrogen and oxygen atoms in total. The number of carbonyl (C=O) groups is 1. The minimum Gasteiger partial charge on any atom is -0.317 e. The lowest BCUT2D eigenvalue weighted by Gasteiger charge is -2.39. The molecular weight excluding hydrogens is 430 g/mol. The van der Waals surface area contributed by atoms with Crippen molar-refractivity contribution in [2.45, 2.75) is 19.8 Å². The van der Waals surface area contributed by atoms with Crippen molar-refractivity contribution in [3.63, 3.8) is 0 Å². The van der Waals surface area contributed by atoms with Gasteiger partial charge in [0.25, 0.3) is 0 Å². The Bertz CT molecular complexity index is 856. The molecule has 1 aliphatic rings. The van der Waals surface area contributed by atoms with Gasteiger partial charge in [0, 0.05) is 30.3 Å². The molecule has 1 aliphatic heterocycles. The summed E-state index contributed by atoms with van der Waals surface area (Å²) in [7, 11) is 0. The summed E-state index contributed by atoms with van der Waals surface area (Å²) in [6, 6.07) is 7.75. The van der Waals surface area contributed by atoms with Crippen LogP contribution in [0, 0.1) is 5.41 Å². The van der Waals surface area contributed by atoms with Gasteiger partial charge in [0.1, 0.15) is 6.79 Å². The van der Waals surface area contributed by atoms with Crippen LogP contribution in [0.15, 0.2) is 84.7 Å². The van der Waals surface area contributed by atoms with Crippen molar-refractivity contribution in [2.24, 2.45) is 10.4 Å². The molecule has 33 heavy (non-hydrogen) atoms. The van der Waals surface area contributed by atoms with Gasteiger partial charge in [0.15, 0.2) is 0 Å². The summed E-state index contributed by atoms with van der Waals surface area (Å²) in [5.41, 5.74) is 3.01. The van der Waals surface area contributed by atoms with E-state index < -0.39 is 0 Å². The number of allylic oxidation sites excluding steroid dienone is 4.